The van der Waals surface area contributed by atoms with E-state index in [4.69, 9.17) is 16.3 Å². The van der Waals surface area contributed by atoms with Crippen LogP contribution in [0.4, 0.5) is 0 Å². The van der Waals surface area contributed by atoms with Crippen LogP contribution in [-0.2, 0) is 0 Å². The summed E-state index contributed by atoms with van der Waals surface area (Å²) in [5.41, 5.74) is 0.451. The van der Waals surface area contributed by atoms with E-state index in [-0.39, 0.29) is 0 Å². The number of benzene rings is 1. The van der Waals surface area contributed by atoms with E-state index in [1.54, 1.807) is 18.2 Å². The molecule has 5 heteroatoms. The Morgan fingerprint density at radius 1 is 1.29 bits per heavy atom. The van der Waals surface area contributed by atoms with Crippen molar-refractivity contribution >= 4 is 33.5 Å². The van der Waals surface area contributed by atoms with Gasteiger partial charge in [-0.25, -0.2) is 4.79 Å². The van der Waals surface area contributed by atoms with E-state index >= 15 is 0 Å². The Kier molecular flexibility index (Phi) is 3.76. The van der Waals surface area contributed by atoms with Gasteiger partial charge in [-0.15, -0.1) is 0 Å². The third kappa shape index (κ3) is 3.05. The fraction of sp³-hybridized carbons (Fsp3) is 0. The second-order valence-electron chi connectivity index (χ2n) is 3.21. The third-order valence-corrected chi connectivity index (χ3v) is 2.88. The highest BCUT2D eigenvalue weighted by Gasteiger charge is 2.11. The summed E-state index contributed by atoms with van der Waals surface area (Å²) in [7, 11) is 0. The highest BCUT2D eigenvalue weighted by molar-refractivity contribution is 9.10. The molecule has 0 fully saturated rings. The molecule has 2 aromatic rings. The Balaban J connectivity index is 2.20. The quantitative estimate of drug-likeness (QED) is 0.793. The first-order chi connectivity index (χ1) is 8.16. The molecule has 1 aromatic carbocycles. The normalized spacial score (nSPS) is 10.0. The van der Waals surface area contributed by atoms with Gasteiger partial charge in [0.2, 0.25) is 0 Å². The summed E-state index contributed by atoms with van der Waals surface area (Å²) >= 11 is 9.02. The first-order valence-corrected chi connectivity index (χ1v) is 5.91. The van der Waals surface area contributed by atoms with Gasteiger partial charge in [-0.3, -0.25) is 4.98 Å². The summed E-state index contributed by atoms with van der Waals surface area (Å²) in [5.74, 6) is -0.139. The van der Waals surface area contributed by atoms with Crippen molar-refractivity contribution in [2.45, 2.75) is 0 Å². The molecule has 0 bridgehead atoms. The fourth-order valence-electron chi connectivity index (χ4n) is 1.24. The lowest BCUT2D eigenvalue weighted by Crippen LogP contribution is -2.09. The highest BCUT2D eigenvalue weighted by Crippen LogP contribution is 2.20. The lowest BCUT2D eigenvalue weighted by Gasteiger charge is -2.05. The van der Waals surface area contributed by atoms with Crippen LogP contribution in [0.15, 0.2) is 47.2 Å². The molecule has 0 aliphatic heterocycles. The van der Waals surface area contributed by atoms with Crippen LogP contribution in [0.1, 0.15) is 10.4 Å². The summed E-state index contributed by atoms with van der Waals surface area (Å²) in [6, 6.07) is 8.56. The van der Waals surface area contributed by atoms with Gasteiger partial charge in [-0.05, 0) is 28.1 Å². The third-order valence-electron chi connectivity index (χ3n) is 1.98. The molecule has 0 radical (unpaired) electrons. The van der Waals surface area contributed by atoms with Crippen LogP contribution < -0.4 is 4.74 Å². The number of hydrogen-bond acceptors (Lipinski definition) is 3. The number of nitrogens with zero attached hydrogens (tertiary/aromatic N) is 1. The van der Waals surface area contributed by atoms with Crippen LogP contribution >= 0.6 is 27.5 Å². The standard InChI is InChI=1S/C12H7BrClNO2/c13-11-4-2-1-3-10(11)12(16)17-9-5-8(14)6-15-7-9/h1-7H. The van der Waals surface area contributed by atoms with E-state index in [0.717, 1.165) is 0 Å². The number of carbonyl (C=O) groups excluding carboxylic acids is 1. The van der Waals surface area contributed by atoms with Crippen molar-refractivity contribution in [3.8, 4) is 5.75 Å². The maximum absolute atomic E-state index is 11.8. The molecule has 3 nitrogen and oxygen atoms in total. The number of halogens is 2. The maximum Gasteiger partial charge on any atom is 0.344 e. The van der Waals surface area contributed by atoms with Crippen LogP contribution in [0, 0.1) is 0 Å². The van der Waals surface area contributed by atoms with Gasteiger partial charge in [0.05, 0.1) is 16.8 Å². The molecule has 0 aliphatic rings. The molecule has 0 aliphatic carbocycles. The predicted molar refractivity (Wildman–Crippen MR) is 68.3 cm³/mol. The van der Waals surface area contributed by atoms with Crippen LogP contribution in [0.25, 0.3) is 0 Å². The largest absolute Gasteiger partial charge is 0.421 e. The van der Waals surface area contributed by atoms with Gasteiger partial charge in [0.1, 0.15) is 0 Å². The molecule has 0 N–H and O–H groups in total. The van der Waals surface area contributed by atoms with Crippen LogP contribution in [-0.4, -0.2) is 11.0 Å². The topological polar surface area (TPSA) is 39.2 Å². The average Bonchev–Trinajstić information content (AvgIpc) is 2.29. The molecular formula is C12H7BrClNO2. The number of pyridine rings is 1. The van der Waals surface area contributed by atoms with Crippen molar-refractivity contribution in [2.75, 3.05) is 0 Å². The molecule has 1 heterocycles. The molecule has 17 heavy (non-hydrogen) atoms. The number of aromatic nitrogens is 1. The van der Waals surface area contributed by atoms with Gasteiger partial charge in [0.15, 0.2) is 5.75 Å². The Labute approximate surface area is 112 Å². The second kappa shape index (κ2) is 5.29. The molecular weight excluding hydrogens is 305 g/mol. The minimum absolute atomic E-state index is 0.318. The summed E-state index contributed by atoms with van der Waals surface area (Å²) in [5, 5.41) is 0.419. The Bertz CT molecular complexity index is 560. The molecule has 0 unspecified atom stereocenters. The minimum atomic E-state index is -0.457. The van der Waals surface area contributed by atoms with Crippen LogP contribution in [0.2, 0.25) is 5.02 Å². The van der Waals surface area contributed by atoms with E-state index in [9.17, 15) is 4.79 Å². The van der Waals surface area contributed by atoms with E-state index in [1.807, 2.05) is 6.07 Å². The highest BCUT2D eigenvalue weighted by atomic mass is 79.9. The summed E-state index contributed by atoms with van der Waals surface area (Å²) in [6.07, 6.45) is 2.90. The molecule has 0 spiro atoms. The zero-order chi connectivity index (χ0) is 12.3. The Morgan fingerprint density at radius 2 is 2.06 bits per heavy atom. The molecule has 2 rings (SSSR count). The van der Waals surface area contributed by atoms with Crippen molar-refractivity contribution < 1.29 is 9.53 Å². The number of hydrogen-bond donors (Lipinski definition) is 0. The maximum atomic E-state index is 11.8. The van der Waals surface area contributed by atoms with Gasteiger partial charge < -0.3 is 4.74 Å². The predicted octanol–water partition coefficient (Wildman–Crippen LogP) is 3.72. The number of carbonyl (C=O) groups is 1. The van der Waals surface area contributed by atoms with Crippen molar-refractivity contribution in [3.05, 3.63) is 57.8 Å². The van der Waals surface area contributed by atoms with Crippen LogP contribution in [0.3, 0.4) is 0 Å². The molecule has 0 atom stereocenters. The zero-order valence-corrected chi connectivity index (χ0v) is 10.9. The lowest BCUT2D eigenvalue weighted by atomic mass is 10.2. The average molecular weight is 313 g/mol. The van der Waals surface area contributed by atoms with Gasteiger partial charge in [0, 0.05) is 16.7 Å². The Hall–Kier alpha value is -1.39. The van der Waals surface area contributed by atoms with Crippen molar-refractivity contribution in [1.29, 1.82) is 0 Å². The van der Waals surface area contributed by atoms with Gasteiger partial charge >= 0.3 is 5.97 Å². The van der Waals surface area contributed by atoms with Gasteiger partial charge in [-0.2, -0.15) is 0 Å². The molecule has 86 valence electrons. The van der Waals surface area contributed by atoms with Gasteiger partial charge in [-0.1, -0.05) is 23.7 Å². The number of ether oxygens (including phenoxy) is 1. The summed E-state index contributed by atoms with van der Waals surface area (Å²) in [6.45, 7) is 0. The SMILES string of the molecule is O=C(Oc1cncc(Cl)c1)c1ccccc1Br. The van der Waals surface area contributed by atoms with Crippen molar-refractivity contribution in [2.24, 2.45) is 0 Å². The van der Waals surface area contributed by atoms with E-state index in [2.05, 4.69) is 20.9 Å². The fourth-order valence-corrected chi connectivity index (χ4v) is 1.85. The van der Waals surface area contributed by atoms with Crippen molar-refractivity contribution in [3.63, 3.8) is 0 Å². The zero-order valence-electron chi connectivity index (χ0n) is 8.56. The molecule has 0 saturated heterocycles. The van der Waals surface area contributed by atoms with E-state index < -0.39 is 5.97 Å². The number of esters is 1. The molecule has 0 amide bonds. The Morgan fingerprint density at radius 3 is 2.76 bits per heavy atom. The van der Waals surface area contributed by atoms with Gasteiger partial charge in [0.25, 0.3) is 0 Å². The second-order valence-corrected chi connectivity index (χ2v) is 4.50. The van der Waals surface area contributed by atoms with Crippen LogP contribution in [0.5, 0.6) is 5.75 Å². The first-order valence-electron chi connectivity index (χ1n) is 4.74. The monoisotopic (exact) mass is 311 g/mol. The lowest BCUT2D eigenvalue weighted by molar-refractivity contribution is 0.0733. The summed E-state index contributed by atoms with van der Waals surface area (Å²) in [4.78, 5) is 15.7. The number of rotatable bonds is 2. The first kappa shape index (κ1) is 12.1. The van der Waals surface area contributed by atoms with E-state index in [0.29, 0.717) is 20.8 Å². The smallest absolute Gasteiger partial charge is 0.344 e. The molecule has 1 aromatic heterocycles. The molecule has 0 saturated carbocycles. The van der Waals surface area contributed by atoms with Crippen molar-refractivity contribution in [1.82, 2.24) is 4.98 Å². The summed E-state index contributed by atoms with van der Waals surface area (Å²) < 4.78 is 5.83. The van der Waals surface area contributed by atoms with E-state index in [1.165, 1.54) is 18.5 Å². The minimum Gasteiger partial charge on any atom is -0.421 e.